The number of thiazole rings is 1. The fourth-order valence-electron chi connectivity index (χ4n) is 5.78. The van der Waals surface area contributed by atoms with Crippen LogP contribution in [0.1, 0.15) is 15.9 Å². The number of carbonyl (C=O) groups is 1. The highest BCUT2D eigenvalue weighted by atomic mass is 32.1. The maximum atomic E-state index is 13.3. The first kappa shape index (κ1) is 32.0. The summed E-state index contributed by atoms with van der Waals surface area (Å²) in [5, 5.41) is 29.4. The third-order valence-electron chi connectivity index (χ3n) is 8.56. The lowest BCUT2D eigenvalue weighted by molar-refractivity contribution is 0.102. The number of phenolic OH excluding ortho intramolecular Hbond substituents is 1. The number of nitrogens with one attached hydrogen (secondary N) is 2. The number of hydrogen-bond donors (Lipinski definition) is 3. The normalized spacial score (nSPS) is 11.6. The zero-order valence-corrected chi connectivity index (χ0v) is 28.4. The van der Waals surface area contributed by atoms with Gasteiger partial charge >= 0.3 is 5.69 Å². The van der Waals surface area contributed by atoms with E-state index >= 15 is 0 Å². The highest BCUT2D eigenvalue weighted by molar-refractivity contribution is 7.21. The number of phenols is 1. The second-order valence-corrected chi connectivity index (χ2v) is 12.9. The van der Waals surface area contributed by atoms with Crippen molar-refractivity contribution in [2.75, 3.05) is 5.32 Å². The van der Waals surface area contributed by atoms with Crippen LogP contribution < -0.4 is 16.6 Å². The molecule has 0 saturated heterocycles. The van der Waals surface area contributed by atoms with Crippen LogP contribution in [0.3, 0.4) is 0 Å². The number of nitrogens with zero attached hydrogens (tertiary/aromatic N) is 9. The molecule has 52 heavy (non-hydrogen) atoms. The molecule has 16 heteroatoms. The lowest BCUT2D eigenvalue weighted by Gasteiger charge is -2.11. The number of anilines is 1. The number of H-pyrrole nitrogens is 1. The predicted molar refractivity (Wildman–Crippen MR) is 197 cm³/mol. The van der Waals surface area contributed by atoms with Crippen LogP contribution in [-0.4, -0.2) is 44.9 Å². The number of fused-ring (bicyclic) bond motifs is 3. The van der Waals surface area contributed by atoms with E-state index in [4.69, 9.17) is 11.6 Å². The summed E-state index contributed by atoms with van der Waals surface area (Å²) < 4.78 is 4.27. The Morgan fingerprint density at radius 1 is 1.00 bits per heavy atom. The van der Waals surface area contributed by atoms with Crippen LogP contribution in [0.25, 0.3) is 53.5 Å². The minimum absolute atomic E-state index is 0.00665. The summed E-state index contributed by atoms with van der Waals surface area (Å²) in [4.78, 5) is 54.3. The van der Waals surface area contributed by atoms with Crippen molar-refractivity contribution in [1.82, 2.24) is 33.9 Å². The number of benzene rings is 4. The third kappa shape index (κ3) is 5.28. The second kappa shape index (κ2) is 12.3. The number of aromatic hydroxyl groups is 1. The standard InChI is InChI=1S/C36H25N11O4S/c1-18-9-12-21(13-10-18)39-32(49)19-11-14-22-20(15-19)16-23(33-40-24-7-5-6-8-26(24)52-33)29(48)27(22)43-44-30-25(37-2)17-38-47(30)35-41-28-31(42-35)45(3)36(51)46(4)34(28)50/h5-17,48H,1,3-4H3,(H,39,49)(H,41,42). The number of carbonyl (C=O) groups excluding carboxylic acids is 1. The minimum atomic E-state index is -0.615. The Hall–Kier alpha value is -7.25. The van der Waals surface area contributed by atoms with Gasteiger partial charge in [0.2, 0.25) is 5.95 Å². The highest BCUT2D eigenvalue weighted by Gasteiger charge is 2.22. The van der Waals surface area contributed by atoms with E-state index in [1.165, 1.54) is 40.9 Å². The zero-order valence-electron chi connectivity index (χ0n) is 27.6. The van der Waals surface area contributed by atoms with Crippen molar-refractivity contribution in [3.8, 4) is 22.3 Å². The Balaban J connectivity index is 1.28. The number of rotatable bonds is 6. The van der Waals surface area contributed by atoms with Gasteiger partial charge in [-0.25, -0.2) is 19.6 Å². The van der Waals surface area contributed by atoms with Crippen LogP contribution in [0.4, 0.5) is 22.9 Å². The first-order valence-electron chi connectivity index (χ1n) is 15.7. The van der Waals surface area contributed by atoms with Crippen LogP contribution in [0.2, 0.25) is 0 Å². The molecule has 0 unspecified atom stereocenters. The van der Waals surface area contributed by atoms with Gasteiger partial charge in [-0.1, -0.05) is 35.9 Å². The van der Waals surface area contributed by atoms with Gasteiger partial charge in [0.05, 0.1) is 28.5 Å². The number of amides is 1. The molecule has 4 aromatic heterocycles. The molecule has 3 N–H and O–H groups in total. The highest BCUT2D eigenvalue weighted by Crippen LogP contribution is 2.46. The van der Waals surface area contributed by atoms with Crippen molar-refractivity contribution in [3.63, 3.8) is 0 Å². The Bertz CT molecular complexity index is 2930. The average molecular weight is 708 g/mol. The molecule has 4 heterocycles. The van der Waals surface area contributed by atoms with Crippen LogP contribution in [0.15, 0.2) is 98.8 Å². The smallest absolute Gasteiger partial charge is 0.332 e. The average Bonchev–Trinajstić information content (AvgIpc) is 3.90. The Morgan fingerprint density at radius 2 is 1.79 bits per heavy atom. The molecule has 15 nitrogen and oxygen atoms in total. The topological polar surface area (TPSA) is 182 Å². The van der Waals surface area contributed by atoms with Crippen molar-refractivity contribution in [3.05, 3.63) is 122 Å². The fraction of sp³-hybridized carbons (Fsp3) is 0.0833. The Kier molecular flexibility index (Phi) is 7.54. The number of aryl methyl sites for hydroxylation is 2. The van der Waals surface area contributed by atoms with Gasteiger partial charge in [-0.05, 0) is 54.8 Å². The van der Waals surface area contributed by atoms with Crippen LogP contribution in [-0.2, 0) is 14.1 Å². The Labute approximate surface area is 296 Å². The van der Waals surface area contributed by atoms with Crippen molar-refractivity contribution in [1.29, 1.82) is 0 Å². The molecule has 0 saturated carbocycles. The summed E-state index contributed by atoms with van der Waals surface area (Å²) in [5.74, 6) is -0.585. The predicted octanol–water partition coefficient (Wildman–Crippen LogP) is 6.81. The number of aromatic nitrogens is 7. The monoisotopic (exact) mass is 707 g/mol. The third-order valence-corrected chi connectivity index (χ3v) is 9.63. The van der Waals surface area contributed by atoms with Crippen LogP contribution in [0, 0.1) is 13.5 Å². The van der Waals surface area contributed by atoms with E-state index in [0.29, 0.717) is 32.6 Å². The van der Waals surface area contributed by atoms with E-state index < -0.39 is 11.2 Å². The molecule has 0 fully saturated rings. The van der Waals surface area contributed by atoms with Crippen molar-refractivity contribution >= 4 is 72.3 Å². The van der Waals surface area contributed by atoms with Crippen LogP contribution in [0.5, 0.6) is 5.75 Å². The largest absolute Gasteiger partial charge is 0.505 e. The molecular formula is C36H25N11O4S. The van der Waals surface area contributed by atoms with Gasteiger partial charge in [0.1, 0.15) is 16.3 Å². The lowest BCUT2D eigenvalue weighted by atomic mass is 10.0. The quantitative estimate of drug-likeness (QED) is 0.125. The van der Waals surface area contributed by atoms with Crippen molar-refractivity contribution in [2.45, 2.75) is 6.92 Å². The molecule has 0 aliphatic rings. The fourth-order valence-corrected chi connectivity index (χ4v) is 6.76. The molecule has 8 rings (SSSR count). The van der Waals surface area contributed by atoms with Gasteiger partial charge in [-0.15, -0.1) is 21.6 Å². The number of aromatic amines is 1. The maximum absolute atomic E-state index is 13.3. The Morgan fingerprint density at radius 3 is 2.56 bits per heavy atom. The van der Waals surface area contributed by atoms with E-state index in [0.717, 1.165) is 20.3 Å². The summed E-state index contributed by atoms with van der Waals surface area (Å²) in [5.41, 5.74) is 2.23. The van der Waals surface area contributed by atoms with Crippen LogP contribution >= 0.6 is 11.3 Å². The number of para-hydroxylation sites is 1. The first-order valence-corrected chi connectivity index (χ1v) is 16.5. The molecule has 0 atom stereocenters. The molecule has 0 bridgehead atoms. The molecular weight excluding hydrogens is 683 g/mol. The molecule has 0 spiro atoms. The molecule has 1 amide bonds. The number of azo groups is 1. The molecule has 254 valence electrons. The van der Waals surface area contributed by atoms with Gasteiger partial charge in [0.15, 0.2) is 17.1 Å². The van der Waals surface area contributed by atoms with E-state index in [9.17, 15) is 19.5 Å². The summed E-state index contributed by atoms with van der Waals surface area (Å²) in [6.45, 7) is 9.71. The van der Waals surface area contributed by atoms with Gasteiger partial charge < -0.3 is 15.4 Å². The van der Waals surface area contributed by atoms with Gasteiger partial charge in [-0.2, -0.15) is 9.78 Å². The minimum Gasteiger partial charge on any atom is -0.505 e. The molecule has 0 aliphatic heterocycles. The van der Waals surface area contributed by atoms with Crippen molar-refractivity contribution in [2.24, 2.45) is 24.3 Å². The summed E-state index contributed by atoms with van der Waals surface area (Å²) in [6, 6.07) is 21.8. The molecule has 8 aromatic rings. The van der Waals surface area contributed by atoms with E-state index in [1.54, 1.807) is 24.3 Å². The van der Waals surface area contributed by atoms with Gasteiger partial charge in [-0.3, -0.25) is 18.7 Å². The van der Waals surface area contributed by atoms with Gasteiger partial charge in [0, 0.05) is 30.7 Å². The lowest BCUT2D eigenvalue weighted by Crippen LogP contribution is -2.36. The van der Waals surface area contributed by atoms with E-state index in [1.807, 2.05) is 55.5 Å². The van der Waals surface area contributed by atoms with E-state index in [-0.39, 0.29) is 46.0 Å². The van der Waals surface area contributed by atoms with Crippen molar-refractivity contribution < 1.29 is 9.90 Å². The number of imidazole rings is 1. The first-order chi connectivity index (χ1) is 25.1. The molecule has 0 radical (unpaired) electrons. The SMILES string of the molecule is [C-]#[N+]c1cnn(-c2nc3c(=O)n(C)c(=O)n(C)c3[nH]2)c1N=Nc1c(O)c(-c2nc3ccccc3s2)cc2cc(C(=O)Nc3ccc(C)cc3)ccc12. The second-order valence-electron chi connectivity index (χ2n) is 11.9. The maximum Gasteiger partial charge on any atom is 0.332 e. The number of hydrogen-bond acceptors (Lipinski definition) is 10. The molecule has 0 aliphatic carbocycles. The molecule has 4 aromatic carbocycles. The van der Waals surface area contributed by atoms with E-state index in [2.05, 4.69) is 35.5 Å². The summed E-state index contributed by atoms with van der Waals surface area (Å²) in [7, 11) is 2.84. The summed E-state index contributed by atoms with van der Waals surface area (Å²) >= 11 is 1.38. The van der Waals surface area contributed by atoms with Gasteiger partial charge in [0.25, 0.3) is 17.2 Å². The summed E-state index contributed by atoms with van der Waals surface area (Å²) in [6.07, 6.45) is 1.26. The zero-order chi connectivity index (χ0) is 36.3.